The van der Waals surface area contributed by atoms with Crippen LogP contribution < -0.4 is 5.32 Å². The van der Waals surface area contributed by atoms with Gasteiger partial charge in [-0.15, -0.1) is 0 Å². The molecule has 1 aromatic carbocycles. The molecule has 1 amide bonds. The van der Waals surface area contributed by atoms with E-state index in [1.54, 1.807) is 20.8 Å². The third kappa shape index (κ3) is 4.00. The number of carbonyl (C=O) groups excluding carboxylic acids is 1. The summed E-state index contributed by atoms with van der Waals surface area (Å²) in [5, 5.41) is 3.02. The summed E-state index contributed by atoms with van der Waals surface area (Å²) in [7, 11) is -3.47. The summed E-state index contributed by atoms with van der Waals surface area (Å²) in [6.45, 7) is 9.20. The molecule has 24 heavy (non-hydrogen) atoms. The Balaban J connectivity index is 2.24. The highest BCUT2D eigenvalue weighted by molar-refractivity contribution is 7.93. The predicted octanol–water partition coefficient (Wildman–Crippen LogP) is 3.28. The van der Waals surface area contributed by atoms with E-state index in [1.165, 1.54) is 5.56 Å². The van der Waals surface area contributed by atoms with Gasteiger partial charge in [0.15, 0.2) is 9.84 Å². The largest absolute Gasteiger partial charge is 0.348 e. The molecule has 1 N–H and O–H groups in total. The highest BCUT2D eigenvalue weighted by Gasteiger charge is 2.35. The second-order valence-corrected chi connectivity index (χ2v) is 10.8. The fourth-order valence-electron chi connectivity index (χ4n) is 3.29. The molecular formula is C19H29NO3S. The monoisotopic (exact) mass is 351 g/mol. The van der Waals surface area contributed by atoms with Crippen molar-refractivity contribution in [3.8, 4) is 0 Å². The average Bonchev–Trinajstić information content (AvgIpc) is 2.45. The molecule has 0 fully saturated rings. The second-order valence-electron chi connectivity index (χ2n) is 8.06. The number of sulfone groups is 1. The van der Waals surface area contributed by atoms with Gasteiger partial charge in [0.25, 0.3) is 0 Å². The molecule has 0 aromatic heterocycles. The van der Waals surface area contributed by atoms with Crippen molar-refractivity contribution >= 4 is 15.7 Å². The van der Waals surface area contributed by atoms with Gasteiger partial charge in [0, 0.05) is 0 Å². The number of hydrogen-bond acceptors (Lipinski definition) is 3. The Hall–Kier alpha value is -1.36. The van der Waals surface area contributed by atoms with E-state index in [2.05, 4.69) is 25.2 Å². The number of fused-ring (bicyclic) bond motifs is 1. The molecule has 0 radical (unpaired) electrons. The molecule has 5 heteroatoms. The number of rotatable bonds is 4. The third-order valence-corrected chi connectivity index (χ3v) is 7.50. The van der Waals surface area contributed by atoms with E-state index in [9.17, 15) is 13.2 Å². The van der Waals surface area contributed by atoms with Crippen molar-refractivity contribution in [3.05, 3.63) is 35.4 Å². The smallest absolute Gasteiger partial charge is 0.235 e. The summed E-state index contributed by atoms with van der Waals surface area (Å²) in [6.07, 6.45) is 2.01. The van der Waals surface area contributed by atoms with Crippen LogP contribution in [0.1, 0.15) is 58.2 Å². The Labute approximate surface area is 146 Å². The van der Waals surface area contributed by atoms with Gasteiger partial charge >= 0.3 is 0 Å². The number of nitrogens with one attached hydrogen (secondary N) is 1. The van der Waals surface area contributed by atoms with Crippen LogP contribution in [0.25, 0.3) is 0 Å². The lowest BCUT2D eigenvalue weighted by Gasteiger charge is -2.36. The maximum atomic E-state index is 12.5. The normalized spacial score (nSPS) is 21.4. The lowest BCUT2D eigenvalue weighted by atomic mass is 9.74. The molecule has 2 rings (SSSR count). The maximum absolute atomic E-state index is 12.5. The van der Waals surface area contributed by atoms with Gasteiger partial charge in [-0.25, -0.2) is 8.42 Å². The van der Waals surface area contributed by atoms with Crippen LogP contribution in [0.5, 0.6) is 0 Å². The van der Waals surface area contributed by atoms with Crippen LogP contribution in [0.3, 0.4) is 0 Å². The van der Waals surface area contributed by atoms with Crippen LogP contribution in [0.2, 0.25) is 0 Å². The zero-order chi connectivity index (χ0) is 18.1. The van der Waals surface area contributed by atoms with Crippen LogP contribution in [0.15, 0.2) is 24.3 Å². The molecule has 134 valence electrons. The fourth-order valence-corrected chi connectivity index (χ4v) is 4.15. The van der Waals surface area contributed by atoms with E-state index in [1.807, 2.05) is 18.2 Å². The molecule has 0 spiro atoms. The minimum Gasteiger partial charge on any atom is -0.348 e. The fraction of sp³-hybridized carbons (Fsp3) is 0.632. The van der Waals surface area contributed by atoms with Gasteiger partial charge in [0.05, 0.1) is 10.8 Å². The summed E-state index contributed by atoms with van der Waals surface area (Å²) < 4.78 is 23.7. The zero-order valence-corrected chi connectivity index (χ0v) is 16.1. The van der Waals surface area contributed by atoms with Gasteiger partial charge in [-0.05, 0) is 56.6 Å². The van der Waals surface area contributed by atoms with E-state index in [4.69, 9.17) is 0 Å². The molecule has 0 saturated heterocycles. The van der Waals surface area contributed by atoms with E-state index in [0.717, 1.165) is 18.4 Å². The van der Waals surface area contributed by atoms with Gasteiger partial charge in [-0.3, -0.25) is 4.79 Å². The van der Waals surface area contributed by atoms with Gasteiger partial charge in [-0.1, -0.05) is 38.1 Å². The first-order valence-electron chi connectivity index (χ1n) is 8.62. The molecule has 1 aliphatic rings. The quantitative estimate of drug-likeness (QED) is 0.905. The van der Waals surface area contributed by atoms with Crippen molar-refractivity contribution in [3.63, 3.8) is 0 Å². The second kappa shape index (κ2) is 6.87. The molecule has 0 bridgehead atoms. The average molecular weight is 352 g/mol. The molecule has 4 nitrogen and oxygen atoms in total. The van der Waals surface area contributed by atoms with Gasteiger partial charge < -0.3 is 5.32 Å². The van der Waals surface area contributed by atoms with Crippen LogP contribution in [-0.4, -0.2) is 24.8 Å². The minimum atomic E-state index is -3.47. The first-order chi connectivity index (χ1) is 11.0. The SMILES string of the molecule is CC(C)C1CCc2ccccc2C1NC(=O)CS(=O)(=O)C(C)(C)C. The molecule has 0 aliphatic heterocycles. The van der Waals surface area contributed by atoms with E-state index >= 15 is 0 Å². The standard InChI is InChI=1S/C19H29NO3S/c1-13(2)15-11-10-14-8-6-7-9-16(14)18(15)20-17(21)12-24(22,23)19(3,4)5/h6-9,13,15,18H,10-12H2,1-5H3,(H,20,21). The molecule has 2 unspecified atom stereocenters. The Morgan fingerprint density at radius 3 is 2.46 bits per heavy atom. The third-order valence-electron chi connectivity index (χ3n) is 4.99. The predicted molar refractivity (Wildman–Crippen MR) is 97.5 cm³/mol. The minimum absolute atomic E-state index is 0.113. The molecule has 0 saturated carbocycles. The van der Waals surface area contributed by atoms with Crippen LogP contribution in [0, 0.1) is 11.8 Å². The highest BCUT2D eigenvalue weighted by Crippen LogP contribution is 2.38. The number of aryl methyl sites for hydroxylation is 1. The molecule has 1 aromatic rings. The van der Waals surface area contributed by atoms with Gasteiger partial charge in [-0.2, -0.15) is 0 Å². The number of carbonyl (C=O) groups is 1. The van der Waals surface area contributed by atoms with Crippen molar-refractivity contribution in [2.24, 2.45) is 11.8 Å². The topological polar surface area (TPSA) is 63.2 Å². The summed E-state index contributed by atoms with van der Waals surface area (Å²) >= 11 is 0. The molecular weight excluding hydrogens is 322 g/mol. The maximum Gasteiger partial charge on any atom is 0.235 e. The number of benzene rings is 1. The Morgan fingerprint density at radius 1 is 1.25 bits per heavy atom. The van der Waals surface area contributed by atoms with Crippen molar-refractivity contribution in [1.82, 2.24) is 5.32 Å². The molecule has 1 aliphatic carbocycles. The van der Waals surface area contributed by atoms with Crippen molar-refractivity contribution in [1.29, 1.82) is 0 Å². The highest BCUT2D eigenvalue weighted by atomic mass is 32.2. The molecule has 0 heterocycles. The lowest BCUT2D eigenvalue weighted by molar-refractivity contribution is -0.120. The summed E-state index contributed by atoms with van der Waals surface area (Å²) in [4.78, 5) is 12.5. The van der Waals surface area contributed by atoms with E-state index in [0.29, 0.717) is 11.8 Å². The lowest BCUT2D eigenvalue weighted by Crippen LogP contribution is -2.43. The Kier molecular flexibility index (Phi) is 5.43. The zero-order valence-electron chi connectivity index (χ0n) is 15.3. The molecule has 2 atom stereocenters. The van der Waals surface area contributed by atoms with E-state index < -0.39 is 26.2 Å². The summed E-state index contributed by atoms with van der Waals surface area (Å²) in [5.74, 6) is -0.124. The Morgan fingerprint density at radius 2 is 1.88 bits per heavy atom. The van der Waals surface area contributed by atoms with Gasteiger partial charge in [0.2, 0.25) is 5.91 Å². The van der Waals surface area contributed by atoms with Crippen LogP contribution in [0.4, 0.5) is 0 Å². The van der Waals surface area contributed by atoms with Crippen LogP contribution >= 0.6 is 0 Å². The van der Waals surface area contributed by atoms with Crippen molar-refractivity contribution < 1.29 is 13.2 Å². The first-order valence-corrected chi connectivity index (χ1v) is 10.3. The number of amides is 1. The summed E-state index contributed by atoms with van der Waals surface area (Å²) in [6, 6.07) is 8.02. The van der Waals surface area contributed by atoms with Crippen molar-refractivity contribution in [2.75, 3.05) is 5.75 Å². The van der Waals surface area contributed by atoms with Crippen LogP contribution in [-0.2, 0) is 21.1 Å². The number of hydrogen-bond donors (Lipinski definition) is 1. The van der Waals surface area contributed by atoms with Crippen molar-refractivity contribution in [2.45, 2.75) is 58.2 Å². The van der Waals surface area contributed by atoms with Gasteiger partial charge in [0.1, 0.15) is 5.75 Å². The Bertz CT molecular complexity index is 702. The summed E-state index contributed by atoms with van der Waals surface area (Å²) in [5.41, 5.74) is 2.38. The van der Waals surface area contributed by atoms with E-state index in [-0.39, 0.29) is 6.04 Å². The first kappa shape index (κ1) is 19.0.